The van der Waals surface area contributed by atoms with Crippen LogP contribution in [0.2, 0.25) is 0 Å². The van der Waals surface area contributed by atoms with Crippen molar-refractivity contribution in [1.82, 2.24) is 20.1 Å². The fraction of sp³-hybridized carbons (Fsp3) is 0.241. The van der Waals surface area contributed by atoms with Crippen LogP contribution < -0.4 is 10.6 Å². The van der Waals surface area contributed by atoms with Crippen LogP contribution in [0.1, 0.15) is 41.0 Å². The van der Waals surface area contributed by atoms with Gasteiger partial charge in [0, 0.05) is 36.2 Å². The van der Waals surface area contributed by atoms with Crippen LogP contribution in [0.25, 0.3) is 11.4 Å². The molecule has 4 aromatic rings. The Bertz CT molecular complexity index is 1330. The van der Waals surface area contributed by atoms with Crippen molar-refractivity contribution in [2.75, 3.05) is 5.32 Å². The highest BCUT2D eigenvalue weighted by Gasteiger charge is 2.23. The molecular formula is C29H29N5O2. The first kappa shape index (κ1) is 23.5. The van der Waals surface area contributed by atoms with E-state index in [9.17, 15) is 9.59 Å². The van der Waals surface area contributed by atoms with Crippen LogP contribution in [-0.4, -0.2) is 32.6 Å². The number of fused-ring (bicyclic) bond motifs is 1. The molecule has 3 aromatic carbocycles. The summed E-state index contributed by atoms with van der Waals surface area (Å²) in [6, 6.07) is 25.5. The second kappa shape index (κ2) is 11.0. The molecule has 1 aliphatic heterocycles. The van der Waals surface area contributed by atoms with E-state index < -0.39 is 6.04 Å². The van der Waals surface area contributed by atoms with E-state index in [1.165, 1.54) is 6.42 Å². The fourth-order valence-corrected chi connectivity index (χ4v) is 4.55. The maximum absolute atomic E-state index is 13.4. The van der Waals surface area contributed by atoms with E-state index in [0.29, 0.717) is 17.7 Å². The summed E-state index contributed by atoms with van der Waals surface area (Å²) in [7, 11) is 0. The Labute approximate surface area is 210 Å². The zero-order valence-electron chi connectivity index (χ0n) is 20.1. The number of hydrogen-bond donors (Lipinski definition) is 2. The summed E-state index contributed by atoms with van der Waals surface area (Å²) < 4.78 is 2.19. The van der Waals surface area contributed by atoms with Crippen LogP contribution in [0, 0.1) is 0 Å². The SMILES string of the molecule is O=C(NC(Cc1ccccc1)C(=O)Nc1cccc(-c2nnc3n2CCCCC3)c1)c1ccccc1. The van der Waals surface area contributed by atoms with Crippen LogP contribution in [0.15, 0.2) is 84.9 Å². The molecule has 0 bridgehead atoms. The van der Waals surface area contributed by atoms with Gasteiger partial charge in [0.2, 0.25) is 5.91 Å². The highest BCUT2D eigenvalue weighted by molar-refractivity contribution is 6.01. The Balaban J connectivity index is 1.36. The fourth-order valence-electron chi connectivity index (χ4n) is 4.55. The van der Waals surface area contributed by atoms with Gasteiger partial charge in [0.1, 0.15) is 11.9 Å². The lowest BCUT2D eigenvalue weighted by atomic mass is 10.0. The quantitative estimate of drug-likeness (QED) is 0.404. The van der Waals surface area contributed by atoms with E-state index in [-0.39, 0.29) is 11.8 Å². The van der Waals surface area contributed by atoms with Gasteiger partial charge in [0.25, 0.3) is 5.91 Å². The van der Waals surface area contributed by atoms with Crippen LogP contribution in [-0.2, 0) is 24.2 Å². The molecule has 182 valence electrons. The molecule has 5 rings (SSSR count). The third kappa shape index (κ3) is 5.51. The van der Waals surface area contributed by atoms with Gasteiger partial charge in [0.05, 0.1) is 0 Å². The number of nitrogens with zero attached hydrogens (tertiary/aromatic N) is 3. The monoisotopic (exact) mass is 479 g/mol. The van der Waals surface area contributed by atoms with Gasteiger partial charge in [-0.05, 0) is 42.7 Å². The molecule has 1 aliphatic rings. The summed E-state index contributed by atoms with van der Waals surface area (Å²) in [6.07, 6.45) is 4.74. The predicted octanol–water partition coefficient (Wildman–Crippen LogP) is 4.65. The standard InChI is InChI=1S/C29H29N5O2/c35-28(22-13-6-2-7-14-22)31-25(19-21-11-4-1-5-12-21)29(36)30-24-16-10-15-23(20-24)27-33-32-26-17-8-3-9-18-34(26)27/h1-2,4-7,10-16,20,25H,3,8-9,17-19H2,(H,30,36)(H,31,35). The number of anilines is 1. The lowest BCUT2D eigenvalue weighted by Crippen LogP contribution is -2.45. The summed E-state index contributed by atoms with van der Waals surface area (Å²) in [5, 5.41) is 14.8. The minimum atomic E-state index is -0.742. The summed E-state index contributed by atoms with van der Waals surface area (Å²) in [6.45, 7) is 0.902. The van der Waals surface area contributed by atoms with Gasteiger partial charge in [-0.25, -0.2) is 0 Å². The molecule has 0 saturated carbocycles. The molecule has 0 saturated heterocycles. The molecule has 0 aliphatic carbocycles. The molecule has 36 heavy (non-hydrogen) atoms. The molecule has 1 atom stereocenters. The molecule has 2 N–H and O–H groups in total. The molecule has 0 fully saturated rings. The average Bonchev–Trinajstić information content (AvgIpc) is 3.17. The summed E-state index contributed by atoms with van der Waals surface area (Å²) >= 11 is 0. The molecule has 1 unspecified atom stereocenters. The molecule has 0 radical (unpaired) electrons. The topological polar surface area (TPSA) is 88.9 Å². The van der Waals surface area contributed by atoms with Crippen molar-refractivity contribution in [1.29, 1.82) is 0 Å². The Kier molecular flexibility index (Phi) is 7.17. The number of hydrogen-bond acceptors (Lipinski definition) is 4. The van der Waals surface area contributed by atoms with Crippen molar-refractivity contribution in [2.45, 2.75) is 44.7 Å². The number of nitrogens with one attached hydrogen (secondary N) is 2. The second-order valence-electron chi connectivity index (χ2n) is 9.05. The molecule has 2 amide bonds. The Morgan fingerprint density at radius 1 is 0.861 bits per heavy atom. The number of aryl methyl sites for hydroxylation is 1. The van der Waals surface area contributed by atoms with Crippen LogP contribution in [0.3, 0.4) is 0 Å². The van der Waals surface area contributed by atoms with Crippen LogP contribution in [0.4, 0.5) is 5.69 Å². The largest absolute Gasteiger partial charge is 0.340 e. The van der Waals surface area contributed by atoms with Crippen LogP contribution >= 0.6 is 0 Å². The van der Waals surface area contributed by atoms with E-state index in [2.05, 4.69) is 25.4 Å². The van der Waals surface area contributed by atoms with Crippen molar-refractivity contribution in [3.05, 3.63) is 102 Å². The number of benzene rings is 3. The molecule has 2 heterocycles. The predicted molar refractivity (Wildman–Crippen MR) is 139 cm³/mol. The maximum atomic E-state index is 13.4. The van der Waals surface area contributed by atoms with Crippen molar-refractivity contribution < 1.29 is 9.59 Å². The lowest BCUT2D eigenvalue weighted by molar-refractivity contribution is -0.118. The molecular weight excluding hydrogens is 450 g/mol. The zero-order valence-corrected chi connectivity index (χ0v) is 20.1. The smallest absolute Gasteiger partial charge is 0.251 e. The van der Waals surface area contributed by atoms with Gasteiger partial charge in [0.15, 0.2) is 5.82 Å². The lowest BCUT2D eigenvalue weighted by Gasteiger charge is -2.19. The summed E-state index contributed by atoms with van der Waals surface area (Å²) in [5.74, 6) is 1.27. The van der Waals surface area contributed by atoms with E-state index in [1.807, 2.05) is 60.7 Å². The Hall–Kier alpha value is -4.26. The minimum Gasteiger partial charge on any atom is -0.340 e. The van der Waals surface area contributed by atoms with Crippen molar-refractivity contribution >= 4 is 17.5 Å². The van der Waals surface area contributed by atoms with Gasteiger partial charge in [-0.3, -0.25) is 9.59 Å². The van der Waals surface area contributed by atoms with Gasteiger partial charge < -0.3 is 15.2 Å². The maximum Gasteiger partial charge on any atom is 0.251 e. The van der Waals surface area contributed by atoms with Gasteiger partial charge in [-0.15, -0.1) is 10.2 Å². The van der Waals surface area contributed by atoms with Crippen molar-refractivity contribution in [2.24, 2.45) is 0 Å². The number of carbonyl (C=O) groups is 2. The first-order valence-corrected chi connectivity index (χ1v) is 12.4. The third-order valence-electron chi connectivity index (χ3n) is 6.44. The number of rotatable bonds is 7. The van der Waals surface area contributed by atoms with E-state index in [4.69, 9.17) is 0 Å². The van der Waals surface area contributed by atoms with Crippen molar-refractivity contribution in [3.8, 4) is 11.4 Å². The normalized spacial score (nSPS) is 13.8. The first-order chi connectivity index (χ1) is 17.7. The molecule has 7 heteroatoms. The Morgan fingerprint density at radius 3 is 2.44 bits per heavy atom. The average molecular weight is 480 g/mol. The number of aromatic nitrogens is 3. The minimum absolute atomic E-state index is 0.277. The van der Waals surface area contributed by atoms with Crippen LogP contribution in [0.5, 0.6) is 0 Å². The Morgan fingerprint density at radius 2 is 1.64 bits per heavy atom. The second-order valence-corrected chi connectivity index (χ2v) is 9.05. The van der Waals surface area contributed by atoms with E-state index >= 15 is 0 Å². The molecule has 0 spiro atoms. The van der Waals surface area contributed by atoms with E-state index in [1.54, 1.807) is 24.3 Å². The highest BCUT2D eigenvalue weighted by atomic mass is 16.2. The number of amides is 2. The third-order valence-corrected chi connectivity index (χ3v) is 6.44. The van der Waals surface area contributed by atoms with Gasteiger partial charge >= 0.3 is 0 Å². The number of carbonyl (C=O) groups excluding carboxylic acids is 2. The van der Waals surface area contributed by atoms with Gasteiger partial charge in [-0.2, -0.15) is 0 Å². The highest BCUT2D eigenvalue weighted by Crippen LogP contribution is 2.25. The first-order valence-electron chi connectivity index (χ1n) is 12.4. The zero-order chi connectivity index (χ0) is 24.7. The summed E-state index contributed by atoms with van der Waals surface area (Å²) in [4.78, 5) is 26.3. The summed E-state index contributed by atoms with van der Waals surface area (Å²) in [5.41, 5.74) is 3.03. The molecule has 1 aromatic heterocycles. The van der Waals surface area contributed by atoms with E-state index in [0.717, 1.165) is 48.6 Å². The molecule has 7 nitrogen and oxygen atoms in total. The van der Waals surface area contributed by atoms with Gasteiger partial charge in [-0.1, -0.05) is 67.1 Å². The van der Waals surface area contributed by atoms with Crippen molar-refractivity contribution in [3.63, 3.8) is 0 Å².